The van der Waals surface area contributed by atoms with Crippen LogP contribution in [-0.2, 0) is 13.0 Å². The van der Waals surface area contributed by atoms with Gasteiger partial charge in [0.25, 0.3) is 5.91 Å². The number of nitrogens with zero attached hydrogens (tertiary/aromatic N) is 2. The summed E-state index contributed by atoms with van der Waals surface area (Å²) in [6.07, 6.45) is 0.586. The number of halogens is 1. The van der Waals surface area contributed by atoms with E-state index in [0.29, 0.717) is 29.5 Å². The molecule has 0 fully saturated rings. The SMILES string of the molecule is Cc1nc(Cc2ccc(F)cc2)sc1C(=O)NCc1csc(C(C)C)n1. The molecule has 7 heteroatoms. The molecule has 3 rings (SSSR count). The van der Waals surface area contributed by atoms with Crippen LogP contribution in [-0.4, -0.2) is 15.9 Å². The van der Waals surface area contributed by atoms with Gasteiger partial charge in [-0.3, -0.25) is 4.79 Å². The maximum atomic E-state index is 13.0. The van der Waals surface area contributed by atoms with Gasteiger partial charge in [-0.25, -0.2) is 14.4 Å². The predicted octanol–water partition coefficient (Wildman–Crippen LogP) is 4.69. The summed E-state index contributed by atoms with van der Waals surface area (Å²) in [5.74, 6) is -0.00142. The summed E-state index contributed by atoms with van der Waals surface area (Å²) in [6, 6.07) is 6.34. The Labute approximate surface area is 160 Å². The van der Waals surface area contributed by atoms with Crippen LogP contribution in [0.1, 0.15) is 56.4 Å². The monoisotopic (exact) mass is 389 g/mol. The van der Waals surface area contributed by atoms with E-state index in [1.807, 2.05) is 12.3 Å². The lowest BCUT2D eigenvalue weighted by Gasteiger charge is -2.02. The number of hydrogen-bond acceptors (Lipinski definition) is 5. The van der Waals surface area contributed by atoms with E-state index in [1.54, 1.807) is 23.5 Å². The summed E-state index contributed by atoms with van der Waals surface area (Å²) in [7, 11) is 0. The maximum absolute atomic E-state index is 13.0. The fraction of sp³-hybridized carbons (Fsp3) is 0.316. The second-order valence-electron chi connectivity index (χ2n) is 6.34. The first-order valence-electron chi connectivity index (χ1n) is 8.35. The van der Waals surface area contributed by atoms with Gasteiger partial charge in [-0.1, -0.05) is 26.0 Å². The highest BCUT2D eigenvalue weighted by Gasteiger charge is 2.16. The molecule has 0 unspecified atom stereocenters. The van der Waals surface area contributed by atoms with E-state index in [9.17, 15) is 9.18 Å². The number of carbonyl (C=O) groups is 1. The number of rotatable bonds is 6. The lowest BCUT2D eigenvalue weighted by Crippen LogP contribution is -2.22. The van der Waals surface area contributed by atoms with Gasteiger partial charge in [-0.2, -0.15) is 0 Å². The van der Waals surface area contributed by atoms with Crippen molar-refractivity contribution in [2.45, 2.75) is 39.7 Å². The zero-order valence-corrected chi connectivity index (χ0v) is 16.5. The molecule has 4 nitrogen and oxygen atoms in total. The van der Waals surface area contributed by atoms with Crippen molar-refractivity contribution in [1.29, 1.82) is 0 Å². The highest BCUT2D eigenvalue weighted by Crippen LogP contribution is 2.22. The summed E-state index contributed by atoms with van der Waals surface area (Å²) in [5, 5.41) is 6.82. The minimum absolute atomic E-state index is 0.135. The molecular formula is C19H20FN3OS2. The third-order valence-electron chi connectivity index (χ3n) is 3.81. The lowest BCUT2D eigenvalue weighted by atomic mass is 10.1. The van der Waals surface area contributed by atoms with Gasteiger partial charge < -0.3 is 5.32 Å². The number of aromatic nitrogens is 2. The third-order valence-corrected chi connectivity index (χ3v) is 6.16. The molecule has 0 atom stereocenters. The summed E-state index contributed by atoms with van der Waals surface area (Å²) < 4.78 is 13.0. The molecule has 136 valence electrons. The third kappa shape index (κ3) is 4.53. The van der Waals surface area contributed by atoms with Gasteiger partial charge in [-0.05, 0) is 24.6 Å². The van der Waals surface area contributed by atoms with Gasteiger partial charge >= 0.3 is 0 Å². The van der Waals surface area contributed by atoms with Crippen LogP contribution in [0.15, 0.2) is 29.6 Å². The lowest BCUT2D eigenvalue weighted by molar-refractivity contribution is 0.0953. The van der Waals surface area contributed by atoms with Gasteiger partial charge in [-0.15, -0.1) is 22.7 Å². The zero-order chi connectivity index (χ0) is 18.7. The summed E-state index contributed by atoms with van der Waals surface area (Å²) in [5.41, 5.74) is 2.56. The predicted molar refractivity (Wildman–Crippen MR) is 103 cm³/mol. The van der Waals surface area contributed by atoms with Crippen molar-refractivity contribution >= 4 is 28.6 Å². The molecular weight excluding hydrogens is 369 g/mol. The number of amides is 1. The molecule has 1 amide bonds. The number of carbonyl (C=O) groups excluding carboxylic acids is 1. The number of aryl methyl sites for hydroxylation is 1. The molecule has 0 spiro atoms. The molecule has 0 radical (unpaired) electrons. The van der Waals surface area contributed by atoms with E-state index in [-0.39, 0.29) is 11.7 Å². The van der Waals surface area contributed by atoms with Crippen molar-refractivity contribution in [1.82, 2.24) is 15.3 Å². The van der Waals surface area contributed by atoms with Crippen LogP contribution < -0.4 is 5.32 Å². The molecule has 3 aromatic rings. The van der Waals surface area contributed by atoms with Crippen molar-refractivity contribution in [3.05, 3.63) is 67.3 Å². The minimum Gasteiger partial charge on any atom is -0.346 e. The van der Waals surface area contributed by atoms with Crippen molar-refractivity contribution in [2.24, 2.45) is 0 Å². The van der Waals surface area contributed by atoms with Gasteiger partial charge in [0.15, 0.2) is 0 Å². The van der Waals surface area contributed by atoms with Crippen molar-refractivity contribution < 1.29 is 9.18 Å². The van der Waals surface area contributed by atoms with Gasteiger partial charge in [0.05, 0.1) is 27.9 Å². The van der Waals surface area contributed by atoms with Gasteiger partial charge in [0.2, 0.25) is 0 Å². The second-order valence-corrected chi connectivity index (χ2v) is 8.31. The Bertz CT molecular complexity index is 900. The van der Waals surface area contributed by atoms with Crippen molar-refractivity contribution in [3.63, 3.8) is 0 Å². The first-order valence-corrected chi connectivity index (χ1v) is 10.0. The summed E-state index contributed by atoms with van der Waals surface area (Å²) >= 11 is 2.99. The Hall–Kier alpha value is -2.12. The van der Waals surface area contributed by atoms with E-state index < -0.39 is 0 Å². The molecule has 1 aromatic carbocycles. The highest BCUT2D eigenvalue weighted by atomic mass is 32.1. The molecule has 0 aliphatic rings. The molecule has 2 heterocycles. The van der Waals surface area contributed by atoms with Crippen molar-refractivity contribution in [2.75, 3.05) is 0 Å². The quantitative estimate of drug-likeness (QED) is 0.665. The fourth-order valence-electron chi connectivity index (χ4n) is 2.44. The van der Waals surface area contributed by atoms with E-state index in [2.05, 4.69) is 29.1 Å². The Morgan fingerprint density at radius 3 is 2.62 bits per heavy atom. The highest BCUT2D eigenvalue weighted by molar-refractivity contribution is 7.13. The van der Waals surface area contributed by atoms with Crippen LogP contribution in [0.2, 0.25) is 0 Å². The van der Waals surface area contributed by atoms with Crippen LogP contribution in [0.5, 0.6) is 0 Å². The number of thiazole rings is 2. The average Bonchev–Trinajstić information content (AvgIpc) is 3.22. The summed E-state index contributed by atoms with van der Waals surface area (Å²) in [4.78, 5) is 22.1. The normalized spacial score (nSPS) is 11.1. The first kappa shape index (κ1) is 18.7. The topological polar surface area (TPSA) is 54.9 Å². The Morgan fingerprint density at radius 2 is 1.96 bits per heavy atom. The molecule has 26 heavy (non-hydrogen) atoms. The van der Waals surface area contributed by atoms with Crippen LogP contribution in [0, 0.1) is 12.7 Å². The van der Waals surface area contributed by atoms with E-state index in [4.69, 9.17) is 0 Å². The summed E-state index contributed by atoms with van der Waals surface area (Å²) in [6.45, 7) is 6.45. The minimum atomic E-state index is -0.258. The molecule has 1 N–H and O–H groups in total. The van der Waals surface area contributed by atoms with Crippen LogP contribution in [0.3, 0.4) is 0 Å². The zero-order valence-electron chi connectivity index (χ0n) is 14.9. The van der Waals surface area contributed by atoms with Crippen LogP contribution >= 0.6 is 22.7 Å². The Kier molecular flexibility index (Phi) is 5.78. The number of hydrogen-bond donors (Lipinski definition) is 1. The molecule has 0 saturated heterocycles. The molecule has 0 saturated carbocycles. The van der Waals surface area contributed by atoms with E-state index in [1.165, 1.54) is 23.5 Å². The van der Waals surface area contributed by atoms with Gasteiger partial charge in [0.1, 0.15) is 10.7 Å². The maximum Gasteiger partial charge on any atom is 0.263 e. The smallest absolute Gasteiger partial charge is 0.263 e. The van der Waals surface area contributed by atoms with Crippen LogP contribution in [0.4, 0.5) is 4.39 Å². The van der Waals surface area contributed by atoms with E-state index in [0.717, 1.165) is 21.3 Å². The standard InChI is InChI=1S/C19H20FN3OS2/c1-11(2)19-23-15(10-25-19)9-21-18(24)17-12(3)22-16(26-17)8-13-4-6-14(20)7-5-13/h4-7,10-11H,8-9H2,1-3H3,(H,21,24). The Balaban J connectivity index is 1.63. The number of benzene rings is 1. The second kappa shape index (κ2) is 8.05. The molecule has 0 bridgehead atoms. The average molecular weight is 390 g/mol. The largest absolute Gasteiger partial charge is 0.346 e. The van der Waals surface area contributed by atoms with E-state index >= 15 is 0 Å². The first-order chi connectivity index (χ1) is 12.4. The Morgan fingerprint density at radius 1 is 1.23 bits per heavy atom. The van der Waals surface area contributed by atoms with Gasteiger partial charge in [0, 0.05) is 17.7 Å². The molecule has 2 aromatic heterocycles. The molecule has 0 aliphatic heterocycles. The molecule has 0 aliphatic carbocycles. The fourth-order valence-corrected chi connectivity index (χ4v) is 4.29. The van der Waals surface area contributed by atoms with Crippen molar-refractivity contribution in [3.8, 4) is 0 Å². The number of nitrogens with one attached hydrogen (secondary N) is 1. The van der Waals surface area contributed by atoms with Crippen LogP contribution in [0.25, 0.3) is 0 Å².